The van der Waals surface area contributed by atoms with Crippen LogP contribution in [0.15, 0.2) is 34.1 Å². The van der Waals surface area contributed by atoms with Gasteiger partial charge in [-0.15, -0.1) is 0 Å². The summed E-state index contributed by atoms with van der Waals surface area (Å²) in [5, 5.41) is 0.419. The van der Waals surface area contributed by atoms with Crippen molar-refractivity contribution < 1.29 is 13.2 Å². The summed E-state index contributed by atoms with van der Waals surface area (Å²) in [4.78, 5) is 15.1. The van der Waals surface area contributed by atoms with Crippen molar-refractivity contribution in [1.29, 1.82) is 0 Å². The third-order valence-corrected chi connectivity index (χ3v) is 5.93. The molecule has 0 bridgehead atoms. The Balaban J connectivity index is 2.14. The molecule has 19 heavy (non-hydrogen) atoms. The topological polar surface area (TPSA) is 76.2 Å². The monoisotopic (exact) mass is 277 g/mol. The first-order chi connectivity index (χ1) is 9.02. The molecule has 1 aromatic carbocycles. The number of pyridine rings is 1. The molecule has 6 heteroatoms. The van der Waals surface area contributed by atoms with Crippen molar-refractivity contribution in [3.63, 3.8) is 0 Å². The largest absolute Gasteiger partial charge is 0.379 e. The molecule has 1 N–H and O–H groups in total. The van der Waals surface area contributed by atoms with E-state index in [-0.39, 0.29) is 11.2 Å². The van der Waals surface area contributed by atoms with Crippen LogP contribution in [-0.4, -0.2) is 32.4 Å². The van der Waals surface area contributed by atoms with Crippen LogP contribution < -0.4 is 5.43 Å². The average molecular weight is 277 g/mol. The molecular formula is C13H11NO4S. The number of hydrogen-bond donors (Lipinski definition) is 1. The molecule has 0 radical (unpaired) electrons. The van der Waals surface area contributed by atoms with Crippen LogP contribution in [0.25, 0.3) is 10.9 Å². The zero-order valence-electron chi connectivity index (χ0n) is 9.97. The lowest BCUT2D eigenvalue weighted by molar-refractivity contribution is -0.0470. The Morgan fingerprint density at radius 1 is 1.26 bits per heavy atom. The fraction of sp³-hybridized carbons (Fsp3) is 0.308. The molecule has 2 aromatic rings. The van der Waals surface area contributed by atoms with Gasteiger partial charge in [0.15, 0.2) is 15.3 Å². The van der Waals surface area contributed by atoms with Crippen LogP contribution in [0.3, 0.4) is 0 Å². The summed E-state index contributed by atoms with van der Waals surface area (Å²) in [5.41, 5.74) is 0.884. The van der Waals surface area contributed by atoms with Gasteiger partial charge in [-0.3, -0.25) is 4.79 Å². The summed E-state index contributed by atoms with van der Waals surface area (Å²) in [5.74, 6) is 0.0832. The Morgan fingerprint density at radius 2 is 2.05 bits per heavy atom. The van der Waals surface area contributed by atoms with Crippen molar-refractivity contribution in [2.24, 2.45) is 0 Å². The highest BCUT2D eigenvalue weighted by Crippen LogP contribution is 2.45. The molecule has 1 fully saturated rings. The number of ether oxygens (including phenoxy) is 1. The highest BCUT2D eigenvalue weighted by atomic mass is 32.2. The lowest BCUT2D eigenvalue weighted by Gasteiger charge is -2.37. The molecule has 1 aromatic heterocycles. The summed E-state index contributed by atoms with van der Waals surface area (Å²) >= 11 is 0. The minimum atomic E-state index is -3.32. The lowest BCUT2D eigenvalue weighted by atomic mass is 9.80. The second-order valence-electron chi connectivity index (χ2n) is 5.27. The lowest BCUT2D eigenvalue weighted by Crippen LogP contribution is -2.48. The maximum absolute atomic E-state index is 12.2. The Labute approximate surface area is 109 Å². The van der Waals surface area contributed by atoms with E-state index in [0.29, 0.717) is 29.0 Å². The Morgan fingerprint density at radius 3 is 2.74 bits per heavy atom. The number of benzene rings is 1. The van der Waals surface area contributed by atoms with E-state index in [1.807, 2.05) is 0 Å². The van der Waals surface area contributed by atoms with E-state index in [1.54, 1.807) is 12.3 Å². The molecule has 4 rings (SSSR count). The molecular weight excluding hydrogens is 266 g/mol. The smallest absolute Gasteiger partial charge is 0.189 e. The molecule has 98 valence electrons. The summed E-state index contributed by atoms with van der Waals surface area (Å²) in [7, 11) is -3.32. The fourth-order valence-electron chi connectivity index (χ4n) is 2.98. The standard InChI is InChI=1S/C13H11NO4S/c15-11-1-2-14-10-4-9-12(3-8(10)11)19(16,17)7-13(9)5-18-6-13/h1-4H,5-7H2,(H,14,15). The second-order valence-corrected chi connectivity index (χ2v) is 7.23. The van der Waals surface area contributed by atoms with E-state index in [0.717, 1.165) is 5.56 Å². The van der Waals surface area contributed by atoms with Crippen molar-refractivity contribution in [1.82, 2.24) is 4.98 Å². The minimum Gasteiger partial charge on any atom is -0.379 e. The van der Waals surface area contributed by atoms with Crippen molar-refractivity contribution >= 4 is 20.7 Å². The van der Waals surface area contributed by atoms with Gasteiger partial charge in [0.05, 0.1) is 29.3 Å². The van der Waals surface area contributed by atoms with Gasteiger partial charge in [0.2, 0.25) is 0 Å². The van der Waals surface area contributed by atoms with Gasteiger partial charge in [0, 0.05) is 23.2 Å². The third-order valence-electron chi connectivity index (χ3n) is 3.99. The normalized spacial score (nSPS) is 22.3. The molecule has 0 saturated carbocycles. The number of hydrogen-bond acceptors (Lipinski definition) is 4. The predicted molar refractivity (Wildman–Crippen MR) is 69.1 cm³/mol. The van der Waals surface area contributed by atoms with Crippen LogP contribution in [-0.2, 0) is 20.0 Å². The number of aromatic nitrogens is 1. The number of aromatic amines is 1. The molecule has 3 heterocycles. The van der Waals surface area contributed by atoms with Crippen molar-refractivity contribution in [2.45, 2.75) is 10.3 Å². The number of nitrogens with one attached hydrogen (secondary N) is 1. The van der Waals surface area contributed by atoms with Crippen molar-refractivity contribution in [3.8, 4) is 0 Å². The number of sulfone groups is 1. The summed E-state index contributed by atoms with van der Waals surface area (Å²) in [6.07, 6.45) is 1.57. The quantitative estimate of drug-likeness (QED) is 0.764. The first-order valence-electron chi connectivity index (χ1n) is 5.98. The van der Waals surface area contributed by atoms with E-state index in [4.69, 9.17) is 4.74 Å². The van der Waals surface area contributed by atoms with Crippen LogP contribution in [0.2, 0.25) is 0 Å². The third kappa shape index (κ3) is 1.33. The van der Waals surface area contributed by atoms with E-state index < -0.39 is 15.3 Å². The van der Waals surface area contributed by atoms with Gasteiger partial charge in [0.1, 0.15) is 0 Å². The first kappa shape index (κ1) is 11.2. The summed E-state index contributed by atoms with van der Waals surface area (Å²) in [6.45, 7) is 0.865. The molecule has 1 saturated heterocycles. The predicted octanol–water partition coefficient (Wildman–Crippen LogP) is 0.583. The number of fused-ring (bicyclic) bond motifs is 3. The maximum atomic E-state index is 12.2. The van der Waals surface area contributed by atoms with E-state index in [1.165, 1.54) is 12.1 Å². The van der Waals surface area contributed by atoms with E-state index in [2.05, 4.69) is 4.98 Å². The Bertz CT molecular complexity index is 862. The fourth-order valence-corrected chi connectivity index (χ4v) is 5.09. The second kappa shape index (κ2) is 3.26. The summed E-state index contributed by atoms with van der Waals surface area (Å²) in [6, 6.07) is 4.70. The zero-order chi connectivity index (χ0) is 13.3. The highest BCUT2D eigenvalue weighted by Gasteiger charge is 2.52. The van der Waals surface area contributed by atoms with Crippen molar-refractivity contribution in [3.05, 3.63) is 40.2 Å². The van der Waals surface area contributed by atoms with Gasteiger partial charge in [0.25, 0.3) is 0 Å². The van der Waals surface area contributed by atoms with Crippen molar-refractivity contribution in [2.75, 3.05) is 19.0 Å². The SMILES string of the molecule is O=c1cc[nH]c2cc3c(cc12)S(=O)(=O)CC31COC1. The molecule has 0 amide bonds. The van der Waals surface area contributed by atoms with Crippen LogP contribution in [0.5, 0.6) is 0 Å². The number of rotatable bonds is 0. The van der Waals surface area contributed by atoms with Crippen LogP contribution >= 0.6 is 0 Å². The Hall–Kier alpha value is -1.66. The van der Waals surface area contributed by atoms with Gasteiger partial charge in [-0.25, -0.2) is 8.42 Å². The number of H-pyrrole nitrogens is 1. The minimum absolute atomic E-state index is 0.0832. The van der Waals surface area contributed by atoms with E-state index >= 15 is 0 Å². The highest BCUT2D eigenvalue weighted by molar-refractivity contribution is 7.91. The molecule has 2 aliphatic rings. The van der Waals surface area contributed by atoms with Gasteiger partial charge in [-0.05, 0) is 17.7 Å². The van der Waals surface area contributed by atoms with Crippen LogP contribution in [0, 0.1) is 0 Å². The molecule has 2 aliphatic heterocycles. The molecule has 1 spiro atoms. The zero-order valence-corrected chi connectivity index (χ0v) is 10.8. The molecule has 0 unspecified atom stereocenters. The van der Waals surface area contributed by atoms with Crippen LogP contribution in [0.1, 0.15) is 5.56 Å². The molecule has 0 atom stereocenters. The average Bonchev–Trinajstić information content (AvgIpc) is 2.56. The van der Waals surface area contributed by atoms with Crippen LogP contribution in [0.4, 0.5) is 0 Å². The molecule has 5 nitrogen and oxygen atoms in total. The van der Waals surface area contributed by atoms with E-state index in [9.17, 15) is 13.2 Å². The van der Waals surface area contributed by atoms with Gasteiger partial charge in [-0.1, -0.05) is 0 Å². The van der Waals surface area contributed by atoms with Gasteiger partial charge < -0.3 is 9.72 Å². The van der Waals surface area contributed by atoms with Gasteiger partial charge in [-0.2, -0.15) is 0 Å². The van der Waals surface area contributed by atoms with Gasteiger partial charge >= 0.3 is 0 Å². The molecule has 0 aliphatic carbocycles. The maximum Gasteiger partial charge on any atom is 0.189 e. The first-order valence-corrected chi connectivity index (χ1v) is 7.64. The summed E-state index contributed by atoms with van der Waals surface area (Å²) < 4.78 is 29.7. The Kier molecular flexibility index (Phi) is 1.92.